The van der Waals surface area contributed by atoms with Gasteiger partial charge in [-0.15, -0.1) is 0 Å². The number of rotatable bonds is 4. The molecule has 0 bridgehead atoms. The number of carboxylic acid groups (broad SMARTS) is 1. The van der Waals surface area contributed by atoms with Crippen LogP contribution in [0.2, 0.25) is 0 Å². The molecule has 1 N–H and O–H groups in total. The van der Waals surface area contributed by atoms with Crippen LogP contribution in [0.4, 0.5) is 0 Å². The topological polar surface area (TPSA) is 107 Å². The van der Waals surface area contributed by atoms with Crippen molar-refractivity contribution in [3.63, 3.8) is 0 Å². The predicted octanol–water partition coefficient (Wildman–Crippen LogP) is 1.41. The maximum absolute atomic E-state index is 11.9. The fourth-order valence-electron chi connectivity index (χ4n) is 2.06. The smallest absolute Gasteiger partial charge is 0.362 e. The lowest BCUT2D eigenvalue weighted by Crippen LogP contribution is -2.22. The Morgan fingerprint density at radius 1 is 1.53 bits per heavy atom. The molecule has 1 aromatic rings. The van der Waals surface area contributed by atoms with Gasteiger partial charge in [0.25, 0.3) is 0 Å². The number of aromatic nitrogens is 1. The van der Waals surface area contributed by atoms with Gasteiger partial charge in [0, 0.05) is 0 Å². The van der Waals surface area contributed by atoms with Crippen molar-refractivity contribution in [2.24, 2.45) is 0 Å². The van der Waals surface area contributed by atoms with E-state index >= 15 is 0 Å². The quantitative estimate of drug-likeness (QED) is 0.892. The van der Waals surface area contributed by atoms with Gasteiger partial charge in [0.1, 0.15) is 5.25 Å². The summed E-state index contributed by atoms with van der Waals surface area (Å²) in [6.45, 7) is 1.89. The van der Waals surface area contributed by atoms with Crippen molar-refractivity contribution in [3.8, 4) is 5.95 Å². The lowest BCUT2D eigenvalue weighted by Gasteiger charge is -2.18. The summed E-state index contributed by atoms with van der Waals surface area (Å²) in [6, 6.07) is 0. The van der Waals surface area contributed by atoms with Gasteiger partial charge in [0.15, 0.2) is 9.84 Å². The van der Waals surface area contributed by atoms with Gasteiger partial charge >= 0.3 is 11.9 Å². The minimum atomic E-state index is -3.33. The molecule has 7 nitrogen and oxygen atoms in total. The Bertz CT molecular complexity index is 576. The first-order valence-electron chi connectivity index (χ1n) is 6.04. The summed E-state index contributed by atoms with van der Waals surface area (Å²) in [4.78, 5) is 14.8. The van der Waals surface area contributed by atoms with Crippen LogP contribution in [0.3, 0.4) is 0 Å². The van der Waals surface area contributed by atoms with E-state index in [9.17, 15) is 13.2 Å². The van der Waals surface area contributed by atoms with Crippen LogP contribution in [0.1, 0.15) is 47.8 Å². The van der Waals surface area contributed by atoms with E-state index in [0.29, 0.717) is 12.8 Å². The third-order valence-corrected chi connectivity index (χ3v) is 5.11. The van der Waals surface area contributed by atoms with Gasteiger partial charge in [-0.1, -0.05) is 6.42 Å². The molecular formula is C11H15NO6S. The highest BCUT2D eigenvalue weighted by Crippen LogP contribution is 2.35. The molecule has 0 radical (unpaired) electrons. The SMILES string of the molecule is CCOc1oc(C2CCCCS2(=O)=O)nc1C(=O)O. The van der Waals surface area contributed by atoms with Gasteiger partial charge in [0.2, 0.25) is 11.6 Å². The molecule has 0 aromatic carbocycles. The number of hydrogen-bond donors (Lipinski definition) is 1. The molecule has 1 atom stereocenters. The van der Waals surface area contributed by atoms with E-state index in [-0.39, 0.29) is 29.9 Å². The zero-order valence-corrected chi connectivity index (χ0v) is 11.3. The lowest BCUT2D eigenvalue weighted by atomic mass is 10.2. The Labute approximate surface area is 110 Å². The van der Waals surface area contributed by atoms with E-state index in [0.717, 1.165) is 6.42 Å². The van der Waals surface area contributed by atoms with Crippen molar-refractivity contribution in [1.29, 1.82) is 0 Å². The Morgan fingerprint density at radius 2 is 2.26 bits per heavy atom. The van der Waals surface area contributed by atoms with E-state index in [1.165, 1.54) is 0 Å². The van der Waals surface area contributed by atoms with Crippen LogP contribution in [0.25, 0.3) is 0 Å². The first kappa shape index (κ1) is 13.9. The number of oxazole rings is 1. The molecule has 0 amide bonds. The molecule has 19 heavy (non-hydrogen) atoms. The van der Waals surface area contributed by atoms with E-state index in [2.05, 4.69) is 4.98 Å². The second kappa shape index (κ2) is 5.20. The molecule has 1 unspecified atom stereocenters. The molecule has 106 valence electrons. The number of nitrogens with zero attached hydrogens (tertiary/aromatic N) is 1. The van der Waals surface area contributed by atoms with Gasteiger partial charge in [-0.25, -0.2) is 18.2 Å². The molecule has 1 fully saturated rings. The van der Waals surface area contributed by atoms with Crippen molar-refractivity contribution in [3.05, 3.63) is 11.6 Å². The third-order valence-electron chi connectivity index (χ3n) is 2.94. The maximum atomic E-state index is 11.9. The minimum Gasteiger partial charge on any atom is -0.476 e. The average Bonchev–Trinajstić information content (AvgIpc) is 2.73. The molecule has 1 aliphatic rings. The van der Waals surface area contributed by atoms with Crippen LogP contribution in [-0.2, 0) is 9.84 Å². The Kier molecular flexibility index (Phi) is 3.79. The summed E-state index contributed by atoms with van der Waals surface area (Å²) in [7, 11) is -3.33. The van der Waals surface area contributed by atoms with E-state index in [4.69, 9.17) is 14.3 Å². The van der Waals surface area contributed by atoms with Crippen LogP contribution >= 0.6 is 0 Å². The highest BCUT2D eigenvalue weighted by molar-refractivity contribution is 7.91. The van der Waals surface area contributed by atoms with Gasteiger partial charge in [-0.2, -0.15) is 0 Å². The summed E-state index contributed by atoms with van der Waals surface area (Å²) in [5, 5.41) is 8.12. The average molecular weight is 289 g/mol. The fourth-order valence-corrected chi connectivity index (χ4v) is 3.88. The lowest BCUT2D eigenvalue weighted by molar-refractivity contribution is 0.0683. The van der Waals surface area contributed by atoms with Crippen molar-refractivity contribution in [2.75, 3.05) is 12.4 Å². The number of aromatic carboxylic acids is 1. The normalized spacial score (nSPS) is 22.1. The number of carbonyl (C=O) groups is 1. The second-order valence-electron chi connectivity index (χ2n) is 4.28. The van der Waals surface area contributed by atoms with E-state index in [1.54, 1.807) is 6.92 Å². The van der Waals surface area contributed by atoms with Gasteiger partial charge in [0.05, 0.1) is 12.4 Å². The molecular weight excluding hydrogens is 274 g/mol. The zero-order chi connectivity index (χ0) is 14.0. The number of carboxylic acids is 1. The first-order chi connectivity index (χ1) is 8.95. The van der Waals surface area contributed by atoms with Gasteiger partial charge in [-0.05, 0) is 19.8 Å². The summed E-state index contributed by atoms with van der Waals surface area (Å²) >= 11 is 0. The van der Waals surface area contributed by atoms with Crippen LogP contribution in [0, 0.1) is 0 Å². The monoisotopic (exact) mass is 289 g/mol. The highest BCUT2D eigenvalue weighted by Gasteiger charge is 2.36. The molecule has 1 saturated heterocycles. The van der Waals surface area contributed by atoms with Crippen molar-refractivity contribution < 1.29 is 27.5 Å². The van der Waals surface area contributed by atoms with Gasteiger partial charge < -0.3 is 14.3 Å². The van der Waals surface area contributed by atoms with E-state index < -0.39 is 21.1 Å². The molecule has 0 aliphatic carbocycles. The second-order valence-corrected chi connectivity index (χ2v) is 6.58. The number of sulfone groups is 1. The van der Waals surface area contributed by atoms with Crippen molar-refractivity contribution in [1.82, 2.24) is 4.98 Å². The minimum absolute atomic E-state index is 0.0758. The molecule has 8 heteroatoms. The Morgan fingerprint density at radius 3 is 2.84 bits per heavy atom. The Balaban J connectivity index is 2.39. The standard InChI is InChI=1S/C11H15NO6S/c1-2-17-11-8(10(13)14)12-9(18-11)7-5-3-4-6-19(7,15)16/h7H,2-6H2,1H3,(H,13,14). The molecule has 2 rings (SSSR count). The summed E-state index contributed by atoms with van der Waals surface area (Å²) in [5.74, 6) is -1.54. The largest absolute Gasteiger partial charge is 0.476 e. The summed E-state index contributed by atoms with van der Waals surface area (Å²) in [6.07, 6.45) is 1.76. The third kappa shape index (κ3) is 2.73. The van der Waals surface area contributed by atoms with Crippen LogP contribution < -0.4 is 4.74 Å². The fraction of sp³-hybridized carbons (Fsp3) is 0.636. The van der Waals surface area contributed by atoms with Crippen molar-refractivity contribution >= 4 is 15.8 Å². The molecule has 0 spiro atoms. The maximum Gasteiger partial charge on any atom is 0.362 e. The number of ether oxygens (including phenoxy) is 1. The number of hydrogen-bond acceptors (Lipinski definition) is 6. The Hall–Kier alpha value is -1.57. The molecule has 0 saturated carbocycles. The van der Waals surface area contributed by atoms with E-state index in [1.807, 2.05) is 0 Å². The van der Waals surface area contributed by atoms with Crippen LogP contribution in [0.15, 0.2) is 4.42 Å². The summed E-state index contributed by atoms with van der Waals surface area (Å²) in [5.41, 5.74) is -0.377. The van der Waals surface area contributed by atoms with Gasteiger partial charge in [-0.3, -0.25) is 0 Å². The first-order valence-corrected chi connectivity index (χ1v) is 7.75. The molecule has 1 aromatic heterocycles. The highest BCUT2D eigenvalue weighted by atomic mass is 32.2. The van der Waals surface area contributed by atoms with Crippen molar-refractivity contribution in [2.45, 2.75) is 31.4 Å². The van der Waals surface area contributed by atoms with Crippen LogP contribution in [0.5, 0.6) is 5.95 Å². The predicted molar refractivity (Wildman–Crippen MR) is 65.0 cm³/mol. The molecule has 1 aliphatic heterocycles. The molecule has 2 heterocycles. The summed E-state index contributed by atoms with van der Waals surface area (Å²) < 4.78 is 34.1. The van der Waals surface area contributed by atoms with Crippen LogP contribution in [-0.4, -0.2) is 36.8 Å². The zero-order valence-electron chi connectivity index (χ0n) is 10.5.